The van der Waals surface area contributed by atoms with Gasteiger partial charge in [-0.15, -0.1) is 11.3 Å². The number of nitrogens with one attached hydrogen (secondary N) is 1. The minimum atomic E-state index is -0.521. The van der Waals surface area contributed by atoms with Crippen LogP contribution < -0.4 is 15.0 Å². The van der Waals surface area contributed by atoms with Gasteiger partial charge in [0.25, 0.3) is 5.91 Å². The number of anilines is 1. The molecule has 3 heterocycles. The first kappa shape index (κ1) is 21.0. The Balaban J connectivity index is 1.35. The SMILES string of the molecule is CCOc1ccc(-c2nc(CC(=O)N[C@@H]3CCN(c4cc(C)nn4C)C3=O)cs2)cc1. The Morgan fingerprint density at radius 3 is 2.77 bits per heavy atom. The molecule has 0 radical (unpaired) electrons. The van der Waals surface area contributed by atoms with Gasteiger partial charge in [0.1, 0.15) is 22.6 Å². The van der Waals surface area contributed by atoms with Crippen LogP contribution in [-0.4, -0.2) is 45.8 Å². The molecule has 0 saturated carbocycles. The quantitative estimate of drug-likeness (QED) is 0.611. The number of carbonyl (C=O) groups excluding carboxylic acids is 2. The average Bonchev–Trinajstić information content (AvgIpc) is 3.43. The molecule has 1 N–H and O–H groups in total. The van der Waals surface area contributed by atoms with Crippen molar-refractivity contribution in [3.63, 3.8) is 0 Å². The molecule has 4 rings (SSSR count). The number of aryl methyl sites for hydroxylation is 2. The van der Waals surface area contributed by atoms with E-state index in [1.807, 2.05) is 56.6 Å². The Kier molecular flexibility index (Phi) is 6.03. The number of carbonyl (C=O) groups is 2. The maximum atomic E-state index is 12.8. The number of thiazole rings is 1. The third-order valence-corrected chi connectivity index (χ3v) is 6.04. The lowest BCUT2D eigenvalue weighted by molar-refractivity contribution is -0.126. The van der Waals surface area contributed by atoms with Crippen molar-refractivity contribution in [2.75, 3.05) is 18.1 Å². The molecule has 162 valence electrons. The molecule has 1 aliphatic rings. The second-order valence-corrected chi connectivity index (χ2v) is 8.30. The summed E-state index contributed by atoms with van der Waals surface area (Å²) in [5.74, 6) is 1.26. The molecular formula is C22H25N5O3S. The smallest absolute Gasteiger partial charge is 0.250 e. The highest BCUT2D eigenvalue weighted by Gasteiger charge is 2.35. The highest BCUT2D eigenvalue weighted by Crippen LogP contribution is 2.26. The highest BCUT2D eigenvalue weighted by atomic mass is 32.1. The molecule has 2 aromatic heterocycles. The van der Waals surface area contributed by atoms with Gasteiger partial charge in [-0.2, -0.15) is 5.10 Å². The van der Waals surface area contributed by atoms with Crippen LogP contribution in [0, 0.1) is 6.92 Å². The number of ether oxygens (including phenoxy) is 1. The van der Waals surface area contributed by atoms with Crippen LogP contribution in [0.2, 0.25) is 0 Å². The van der Waals surface area contributed by atoms with E-state index in [0.29, 0.717) is 25.3 Å². The van der Waals surface area contributed by atoms with E-state index in [2.05, 4.69) is 15.4 Å². The van der Waals surface area contributed by atoms with Crippen LogP contribution in [0.15, 0.2) is 35.7 Å². The maximum absolute atomic E-state index is 12.8. The maximum Gasteiger partial charge on any atom is 0.250 e. The van der Waals surface area contributed by atoms with Crippen molar-refractivity contribution < 1.29 is 14.3 Å². The number of hydrogen-bond acceptors (Lipinski definition) is 6. The van der Waals surface area contributed by atoms with Crippen molar-refractivity contribution >= 4 is 29.0 Å². The van der Waals surface area contributed by atoms with Gasteiger partial charge in [-0.3, -0.25) is 19.2 Å². The number of aromatic nitrogens is 3. The van der Waals surface area contributed by atoms with Gasteiger partial charge in [-0.05, 0) is 44.5 Å². The monoisotopic (exact) mass is 439 g/mol. The largest absolute Gasteiger partial charge is 0.494 e. The first-order chi connectivity index (χ1) is 14.9. The van der Waals surface area contributed by atoms with Crippen molar-refractivity contribution in [2.45, 2.75) is 32.7 Å². The van der Waals surface area contributed by atoms with Crippen LogP contribution in [0.4, 0.5) is 5.82 Å². The van der Waals surface area contributed by atoms with E-state index in [0.717, 1.165) is 27.8 Å². The molecule has 0 bridgehead atoms. The molecule has 0 spiro atoms. The molecule has 3 aromatic rings. The van der Waals surface area contributed by atoms with Crippen molar-refractivity contribution in [3.05, 3.63) is 47.1 Å². The fourth-order valence-corrected chi connectivity index (χ4v) is 4.51. The fraction of sp³-hybridized carbons (Fsp3) is 0.364. The zero-order valence-corrected chi connectivity index (χ0v) is 18.6. The van der Waals surface area contributed by atoms with Crippen LogP contribution in [-0.2, 0) is 23.1 Å². The topological polar surface area (TPSA) is 89.3 Å². The zero-order chi connectivity index (χ0) is 22.0. The normalized spacial score (nSPS) is 16.0. The van der Waals surface area contributed by atoms with E-state index in [9.17, 15) is 9.59 Å². The third-order valence-electron chi connectivity index (χ3n) is 5.10. The lowest BCUT2D eigenvalue weighted by Crippen LogP contribution is -2.42. The summed E-state index contributed by atoms with van der Waals surface area (Å²) in [5.41, 5.74) is 2.52. The van der Waals surface area contributed by atoms with Gasteiger partial charge in [0.15, 0.2) is 0 Å². The van der Waals surface area contributed by atoms with Gasteiger partial charge in [0.05, 0.1) is 24.4 Å². The molecule has 0 unspecified atom stereocenters. The summed E-state index contributed by atoms with van der Waals surface area (Å²) >= 11 is 1.49. The van der Waals surface area contributed by atoms with Crippen LogP contribution in [0.1, 0.15) is 24.7 Å². The molecule has 31 heavy (non-hydrogen) atoms. The lowest BCUT2D eigenvalue weighted by atomic mass is 10.2. The van der Waals surface area contributed by atoms with Crippen molar-refractivity contribution in [2.24, 2.45) is 7.05 Å². The molecule has 9 heteroatoms. The molecule has 0 aliphatic carbocycles. The Morgan fingerprint density at radius 2 is 2.10 bits per heavy atom. The van der Waals surface area contributed by atoms with Gasteiger partial charge < -0.3 is 10.1 Å². The number of nitrogens with zero attached hydrogens (tertiary/aromatic N) is 4. The summed E-state index contributed by atoms with van der Waals surface area (Å²) < 4.78 is 7.15. The van der Waals surface area contributed by atoms with E-state index in [1.165, 1.54) is 11.3 Å². The zero-order valence-electron chi connectivity index (χ0n) is 17.8. The van der Waals surface area contributed by atoms with Gasteiger partial charge in [-0.1, -0.05) is 0 Å². The fourth-order valence-electron chi connectivity index (χ4n) is 3.68. The van der Waals surface area contributed by atoms with Gasteiger partial charge >= 0.3 is 0 Å². The van der Waals surface area contributed by atoms with E-state index in [4.69, 9.17) is 4.74 Å². The van der Waals surface area contributed by atoms with E-state index in [-0.39, 0.29) is 18.2 Å². The second-order valence-electron chi connectivity index (χ2n) is 7.44. The Hall–Kier alpha value is -3.20. The summed E-state index contributed by atoms with van der Waals surface area (Å²) in [5, 5.41) is 9.89. The number of amides is 2. The standard InChI is InChI=1S/C22H25N5O3S/c1-4-30-17-7-5-15(6-8-17)21-23-16(13-31-21)12-19(28)24-18-9-10-27(22(18)29)20-11-14(2)25-26(20)3/h5-8,11,13,18H,4,9-10,12H2,1-3H3,(H,24,28)/t18-/m1/s1. The first-order valence-corrected chi connectivity index (χ1v) is 11.1. The number of benzene rings is 1. The van der Waals surface area contributed by atoms with Crippen LogP contribution >= 0.6 is 11.3 Å². The number of hydrogen-bond donors (Lipinski definition) is 1. The Morgan fingerprint density at radius 1 is 1.32 bits per heavy atom. The lowest BCUT2D eigenvalue weighted by Gasteiger charge is -2.16. The summed E-state index contributed by atoms with van der Waals surface area (Å²) in [4.78, 5) is 31.6. The van der Waals surface area contributed by atoms with Gasteiger partial charge in [0, 0.05) is 30.6 Å². The third kappa shape index (κ3) is 4.61. The predicted octanol–water partition coefficient (Wildman–Crippen LogP) is 2.71. The van der Waals surface area contributed by atoms with Crippen LogP contribution in [0.3, 0.4) is 0 Å². The molecular weight excluding hydrogens is 414 g/mol. The molecule has 1 fully saturated rings. The summed E-state index contributed by atoms with van der Waals surface area (Å²) in [6.07, 6.45) is 0.714. The number of rotatable bonds is 7. The minimum Gasteiger partial charge on any atom is -0.494 e. The van der Waals surface area contributed by atoms with E-state index < -0.39 is 6.04 Å². The summed E-state index contributed by atoms with van der Waals surface area (Å²) in [7, 11) is 1.81. The van der Waals surface area contributed by atoms with Crippen molar-refractivity contribution in [1.29, 1.82) is 0 Å². The second kappa shape index (κ2) is 8.89. The average molecular weight is 440 g/mol. The van der Waals surface area contributed by atoms with E-state index in [1.54, 1.807) is 9.58 Å². The Bertz CT molecular complexity index is 1090. The molecule has 1 saturated heterocycles. The van der Waals surface area contributed by atoms with Gasteiger partial charge in [0.2, 0.25) is 5.91 Å². The minimum absolute atomic E-state index is 0.107. The van der Waals surface area contributed by atoms with E-state index >= 15 is 0 Å². The molecule has 1 aliphatic heterocycles. The van der Waals surface area contributed by atoms with Crippen molar-refractivity contribution in [1.82, 2.24) is 20.1 Å². The molecule has 1 atom stereocenters. The van der Waals surface area contributed by atoms with Gasteiger partial charge in [-0.25, -0.2) is 4.98 Å². The highest BCUT2D eigenvalue weighted by molar-refractivity contribution is 7.13. The summed E-state index contributed by atoms with van der Waals surface area (Å²) in [6, 6.07) is 9.09. The molecule has 8 nitrogen and oxygen atoms in total. The summed E-state index contributed by atoms with van der Waals surface area (Å²) in [6.45, 7) is 5.02. The molecule has 1 aromatic carbocycles. The Labute approximate surface area is 184 Å². The molecule has 2 amide bonds. The van der Waals surface area contributed by atoms with Crippen molar-refractivity contribution in [3.8, 4) is 16.3 Å². The van der Waals surface area contributed by atoms with Crippen LogP contribution in [0.5, 0.6) is 5.75 Å². The predicted molar refractivity (Wildman–Crippen MR) is 119 cm³/mol. The first-order valence-electron chi connectivity index (χ1n) is 10.2. The van der Waals surface area contributed by atoms with Crippen LogP contribution in [0.25, 0.3) is 10.6 Å².